The average molecular weight is 365 g/mol. The molecule has 1 saturated carbocycles. The van der Waals surface area contributed by atoms with Crippen molar-refractivity contribution in [2.75, 3.05) is 13.1 Å². The van der Waals surface area contributed by atoms with E-state index in [0.29, 0.717) is 17.4 Å². The smallest absolute Gasteiger partial charge is 0.123 e. The molecule has 2 aromatic rings. The molecular weight excluding hydrogens is 337 g/mol. The van der Waals surface area contributed by atoms with Gasteiger partial charge in [-0.25, -0.2) is 4.39 Å². The Morgan fingerprint density at radius 3 is 2.30 bits per heavy atom. The van der Waals surface area contributed by atoms with Crippen LogP contribution in [0.3, 0.4) is 0 Å². The maximum Gasteiger partial charge on any atom is 0.123 e. The first-order chi connectivity index (χ1) is 13.2. The minimum Gasteiger partial charge on any atom is -0.330 e. The minimum atomic E-state index is -0.202. The number of benzene rings is 2. The molecular formula is C23H28FN3. The van der Waals surface area contributed by atoms with Gasteiger partial charge in [0.15, 0.2) is 0 Å². The van der Waals surface area contributed by atoms with Gasteiger partial charge in [0.05, 0.1) is 11.6 Å². The predicted octanol–water partition coefficient (Wildman–Crippen LogP) is 4.46. The molecule has 2 aromatic carbocycles. The second-order valence-corrected chi connectivity index (χ2v) is 7.73. The number of nitrogens with two attached hydrogens (primary N) is 1. The molecule has 142 valence electrons. The first-order valence-electron chi connectivity index (χ1n) is 9.82. The Morgan fingerprint density at radius 2 is 1.63 bits per heavy atom. The Balaban J connectivity index is 1.69. The van der Waals surface area contributed by atoms with E-state index < -0.39 is 0 Å². The highest BCUT2D eigenvalue weighted by atomic mass is 19.1. The van der Waals surface area contributed by atoms with Crippen molar-refractivity contribution < 1.29 is 4.39 Å². The molecule has 0 unspecified atom stereocenters. The summed E-state index contributed by atoms with van der Waals surface area (Å²) in [7, 11) is 0. The van der Waals surface area contributed by atoms with Crippen LogP contribution in [-0.2, 0) is 13.1 Å². The fraction of sp³-hybridized carbons (Fsp3) is 0.435. The SMILES string of the molecule is N#Cc1cccc(CN(Cc2ccc(F)cc2)CC2CCC(CN)CC2)c1. The van der Waals surface area contributed by atoms with Crippen molar-refractivity contribution in [3.63, 3.8) is 0 Å². The van der Waals surface area contributed by atoms with Crippen molar-refractivity contribution in [3.05, 3.63) is 71.0 Å². The molecule has 0 saturated heterocycles. The van der Waals surface area contributed by atoms with Crippen LogP contribution in [-0.4, -0.2) is 18.0 Å². The summed E-state index contributed by atoms with van der Waals surface area (Å²) in [6, 6.07) is 16.8. The predicted molar refractivity (Wildman–Crippen MR) is 106 cm³/mol. The molecule has 3 nitrogen and oxygen atoms in total. The maximum atomic E-state index is 13.2. The van der Waals surface area contributed by atoms with Crippen molar-refractivity contribution in [1.29, 1.82) is 5.26 Å². The number of nitriles is 1. The molecule has 0 atom stereocenters. The van der Waals surface area contributed by atoms with E-state index in [1.54, 1.807) is 0 Å². The van der Waals surface area contributed by atoms with Crippen LogP contribution in [0.5, 0.6) is 0 Å². The van der Waals surface area contributed by atoms with Crippen molar-refractivity contribution in [2.24, 2.45) is 17.6 Å². The molecule has 2 N–H and O–H groups in total. The monoisotopic (exact) mass is 365 g/mol. The van der Waals surface area contributed by atoms with Gasteiger partial charge in [0, 0.05) is 19.6 Å². The summed E-state index contributed by atoms with van der Waals surface area (Å²) in [5, 5.41) is 9.16. The normalized spacial score (nSPS) is 19.8. The van der Waals surface area contributed by atoms with E-state index in [4.69, 9.17) is 11.0 Å². The van der Waals surface area contributed by atoms with Crippen LogP contribution in [0.1, 0.15) is 42.4 Å². The summed E-state index contributed by atoms with van der Waals surface area (Å²) in [5.74, 6) is 1.15. The highest BCUT2D eigenvalue weighted by Crippen LogP contribution is 2.29. The first kappa shape index (κ1) is 19.5. The highest BCUT2D eigenvalue weighted by Gasteiger charge is 2.22. The minimum absolute atomic E-state index is 0.202. The molecule has 0 bridgehead atoms. The van der Waals surface area contributed by atoms with Gasteiger partial charge in [-0.3, -0.25) is 4.90 Å². The van der Waals surface area contributed by atoms with Crippen molar-refractivity contribution in [3.8, 4) is 6.07 Å². The molecule has 1 aliphatic rings. The van der Waals surface area contributed by atoms with E-state index in [-0.39, 0.29) is 5.82 Å². The standard InChI is InChI=1S/C23H28FN3/c24-23-10-8-20(9-11-23)16-27(15-19-6-4-18(13-25)5-7-19)17-22-3-1-2-21(12-22)14-26/h1-3,8-12,18-19H,4-7,13,15-17,25H2. The lowest BCUT2D eigenvalue weighted by atomic mass is 9.82. The maximum absolute atomic E-state index is 13.2. The molecule has 0 spiro atoms. The molecule has 4 heteroatoms. The molecule has 0 aromatic heterocycles. The third-order valence-corrected chi connectivity index (χ3v) is 5.60. The van der Waals surface area contributed by atoms with E-state index in [1.165, 1.54) is 37.8 Å². The lowest BCUT2D eigenvalue weighted by Crippen LogP contribution is -2.32. The van der Waals surface area contributed by atoms with Gasteiger partial charge in [-0.2, -0.15) is 5.26 Å². The summed E-state index contributed by atoms with van der Waals surface area (Å²) in [6.07, 6.45) is 4.88. The van der Waals surface area contributed by atoms with Gasteiger partial charge in [0.2, 0.25) is 0 Å². The summed E-state index contributed by atoms with van der Waals surface area (Å²) < 4.78 is 13.2. The quantitative estimate of drug-likeness (QED) is 0.788. The van der Waals surface area contributed by atoms with Crippen LogP contribution in [0, 0.1) is 29.0 Å². The van der Waals surface area contributed by atoms with Gasteiger partial charge in [-0.05, 0) is 79.5 Å². The fourth-order valence-electron chi connectivity index (χ4n) is 4.05. The second kappa shape index (κ2) is 9.64. The molecule has 3 rings (SSSR count). The van der Waals surface area contributed by atoms with Gasteiger partial charge in [-0.1, -0.05) is 24.3 Å². The Morgan fingerprint density at radius 1 is 0.963 bits per heavy atom. The number of nitrogens with zero attached hydrogens (tertiary/aromatic N) is 2. The van der Waals surface area contributed by atoms with Gasteiger partial charge in [0.1, 0.15) is 5.82 Å². The summed E-state index contributed by atoms with van der Waals surface area (Å²) in [4.78, 5) is 2.43. The highest BCUT2D eigenvalue weighted by molar-refractivity contribution is 5.32. The van der Waals surface area contributed by atoms with Gasteiger partial charge < -0.3 is 5.73 Å². The Hall–Kier alpha value is -2.22. The van der Waals surface area contributed by atoms with Crippen molar-refractivity contribution >= 4 is 0 Å². The molecule has 0 radical (unpaired) electrons. The Kier molecular flexibility index (Phi) is 6.98. The van der Waals surface area contributed by atoms with Crippen LogP contribution < -0.4 is 5.73 Å². The number of halogens is 1. The fourth-order valence-corrected chi connectivity index (χ4v) is 4.05. The van der Waals surface area contributed by atoms with Crippen molar-refractivity contribution in [1.82, 2.24) is 4.90 Å². The first-order valence-corrected chi connectivity index (χ1v) is 9.82. The average Bonchev–Trinajstić information content (AvgIpc) is 2.70. The number of rotatable bonds is 7. The zero-order valence-electron chi connectivity index (χ0n) is 15.8. The molecule has 1 fully saturated rings. The molecule has 0 amide bonds. The molecule has 0 heterocycles. The Bertz CT molecular complexity index is 758. The zero-order chi connectivity index (χ0) is 19.1. The van der Waals surface area contributed by atoms with E-state index in [9.17, 15) is 4.39 Å². The number of hydrogen-bond donors (Lipinski definition) is 1. The van der Waals surface area contributed by atoms with E-state index in [1.807, 2.05) is 30.3 Å². The third-order valence-electron chi connectivity index (χ3n) is 5.60. The summed E-state index contributed by atoms with van der Waals surface area (Å²) in [5.41, 5.74) is 8.78. The largest absolute Gasteiger partial charge is 0.330 e. The van der Waals surface area contributed by atoms with Crippen LogP contribution in [0.15, 0.2) is 48.5 Å². The zero-order valence-corrected chi connectivity index (χ0v) is 15.8. The Labute approximate surface area is 161 Å². The summed E-state index contributed by atoms with van der Waals surface area (Å²) in [6.45, 7) is 3.40. The van der Waals surface area contributed by atoms with Gasteiger partial charge in [-0.15, -0.1) is 0 Å². The van der Waals surface area contributed by atoms with E-state index >= 15 is 0 Å². The van der Waals surface area contributed by atoms with Crippen LogP contribution >= 0.6 is 0 Å². The van der Waals surface area contributed by atoms with Crippen LogP contribution in [0.2, 0.25) is 0 Å². The van der Waals surface area contributed by atoms with Gasteiger partial charge >= 0.3 is 0 Å². The number of hydrogen-bond acceptors (Lipinski definition) is 3. The second-order valence-electron chi connectivity index (χ2n) is 7.73. The van der Waals surface area contributed by atoms with Gasteiger partial charge in [0.25, 0.3) is 0 Å². The van der Waals surface area contributed by atoms with Crippen LogP contribution in [0.4, 0.5) is 4.39 Å². The lowest BCUT2D eigenvalue weighted by molar-refractivity contribution is 0.170. The molecule has 0 aliphatic heterocycles. The van der Waals surface area contributed by atoms with E-state index in [0.717, 1.165) is 37.3 Å². The molecule has 27 heavy (non-hydrogen) atoms. The topological polar surface area (TPSA) is 53.0 Å². The van der Waals surface area contributed by atoms with Crippen LogP contribution in [0.25, 0.3) is 0 Å². The molecule has 1 aliphatic carbocycles. The summed E-state index contributed by atoms with van der Waals surface area (Å²) >= 11 is 0. The van der Waals surface area contributed by atoms with Crippen molar-refractivity contribution in [2.45, 2.75) is 38.8 Å². The van der Waals surface area contributed by atoms with E-state index in [2.05, 4.69) is 17.0 Å². The third kappa shape index (κ3) is 5.89. The lowest BCUT2D eigenvalue weighted by Gasteiger charge is -2.32.